The molecule has 138 valence electrons. The summed E-state index contributed by atoms with van der Waals surface area (Å²) in [4.78, 5) is 11.2. The maximum atomic E-state index is 11.2. The lowest BCUT2D eigenvalue weighted by molar-refractivity contribution is -0.144. The zero-order valence-corrected chi connectivity index (χ0v) is 15.5. The number of hydrogen-bond acceptors (Lipinski definition) is 3. The second-order valence-electron chi connectivity index (χ2n) is 5.94. The van der Waals surface area contributed by atoms with Crippen molar-refractivity contribution >= 4 is 5.97 Å². The molecule has 0 rings (SSSR count). The van der Waals surface area contributed by atoms with Crippen LogP contribution < -0.4 is 0 Å². The Balaban J connectivity index is 0. The van der Waals surface area contributed by atoms with Gasteiger partial charge in [-0.25, -0.2) is 0 Å². The first kappa shape index (κ1) is 24.4. The normalized spacial score (nSPS) is 10.0. The molecule has 0 fully saturated rings. The van der Waals surface area contributed by atoms with E-state index in [1.807, 2.05) is 0 Å². The van der Waals surface area contributed by atoms with Crippen LogP contribution in [-0.2, 0) is 9.53 Å². The highest BCUT2D eigenvalue weighted by Gasteiger charge is 2.01. The van der Waals surface area contributed by atoms with Crippen molar-refractivity contribution in [1.29, 1.82) is 0 Å². The summed E-state index contributed by atoms with van der Waals surface area (Å²) in [5.41, 5.74) is 0. The maximum Gasteiger partial charge on any atom is 0.305 e. The highest BCUT2D eigenvalue weighted by molar-refractivity contribution is 5.69. The van der Waals surface area contributed by atoms with E-state index in [9.17, 15) is 4.79 Å². The first-order valence-corrected chi connectivity index (χ1v) is 9.57. The number of hydrogen-bond donors (Lipinski definition) is 1. The lowest BCUT2D eigenvalue weighted by Gasteiger charge is -2.04. The predicted octanol–water partition coefficient (Wildman–Crippen LogP) is 5.81. The number of carbonyl (C=O) groups is 1. The Morgan fingerprint density at radius 3 is 1.57 bits per heavy atom. The Labute approximate surface area is 144 Å². The third kappa shape index (κ3) is 23.6. The summed E-state index contributed by atoms with van der Waals surface area (Å²) in [6, 6.07) is 0. The molecular formula is C20H40O3. The second kappa shape index (κ2) is 23.4. The molecule has 0 aliphatic heterocycles. The molecule has 0 saturated heterocycles. The lowest BCUT2D eigenvalue weighted by atomic mass is 10.0. The first-order valence-electron chi connectivity index (χ1n) is 9.57. The van der Waals surface area contributed by atoms with Crippen molar-refractivity contribution in [2.45, 2.75) is 96.8 Å². The van der Waals surface area contributed by atoms with Gasteiger partial charge >= 0.3 is 5.97 Å². The third-order valence-corrected chi connectivity index (χ3v) is 3.84. The van der Waals surface area contributed by atoms with Crippen molar-refractivity contribution in [3.63, 3.8) is 0 Å². The van der Waals surface area contributed by atoms with Gasteiger partial charge in [0.15, 0.2) is 0 Å². The molecular weight excluding hydrogens is 288 g/mol. The van der Waals surface area contributed by atoms with Crippen LogP contribution in [0.25, 0.3) is 0 Å². The fourth-order valence-corrected chi connectivity index (χ4v) is 2.52. The fraction of sp³-hybridized carbons (Fsp3) is 0.850. The van der Waals surface area contributed by atoms with Crippen LogP contribution >= 0.6 is 0 Å². The molecule has 0 spiro atoms. The van der Waals surface area contributed by atoms with Crippen LogP contribution in [0, 0.1) is 0 Å². The molecule has 0 aromatic heterocycles. The van der Waals surface area contributed by atoms with Crippen LogP contribution in [0.3, 0.4) is 0 Å². The van der Waals surface area contributed by atoms with E-state index < -0.39 is 0 Å². The fourth-order valence-electron chi connectivity index (χ4n) is 2.52. The summed E-state index contributed by atoms with van der Waals surface area (Å²) in [5, 5.41) is 8.52. The van der Waals surface area contributed by atoms with Crippen molar-refractivity contribution in [3.05, 3.63) is 13.2 Å². The van der Waals surface area contributed by atoms with E-state index in [-0.39, 0.29) is 19.2 Å². The summed E-state index contributed by atoms with van der Waals surface area (Å²) in [6.07, 6.45) is 17.5. The SMILES string of the molecule is C=C.CCCCCCCCCCCCCCCC(=O)OCCO. The second-order valence-corrected chi connectivity index (χ2v) is 5.94. The number of carbonyl (C=O) groups excluding carboxylic acids is 1. The van der Waals surface area contributed by atoms with Gasteiger partial charge in [0.2, 0.25) is 0 Å². The van der Waals surface area contributed by atoms with Gasteiger partial charge in [0.05, 0.1) is 6.61 Å². The summed E-state index contributed by atoms with van der Waals surface area (Å²) in [6.45, 7) is 8.32. The lowest BCUT2D eigenvalue weighted by Crippen LogP contribution is -2.07. The Morgan fingerprint density at radius 2 is 1.17 bits per heavy atom. The average Bonchev–Trinajstić information content (AvgIpc) is 2.59. The number of aliphatic hydroxyl groups excluding tert-OH is 1. The highest BCUT2D eigenvalue weighted by atomic mass is 16.5. The summed E-state index contributed by atoms with van der Waals surface area (Å²) in [7, 11) is 0. The van der Waals surface area contributed by atoms with Crippen LogP contribution in [0.15, 0.2) is 13.2 Å². The predicted molar refractivity (Wildman–Crippen MR) is 99.6 cm³/mol. The van der Waals surface area contributed by atoms with Crippen LogP contribution in [0.2, 0.25) is 0 Å². The van der Waals surface area contributed by atoms with E-state index >= 15 is 0 Å². The van der Waals surface area contributed by atoms with Gasteiger partial charge in [0.1, 0.15) is 6.61 Å². The molecule has 0 saturated carbocycles. The zero-order valence-electron chi connectivity index (χ0n) is 15.5. The molecule has 0 atom stereocenters. The van der Waals surface area contributed by atoms with Gasteiger partial charge in [0.25, 0.3) is 0 Å². The third-order valence-electron chi connectivity index (χ3n) is 3.84. The molecule has 0 aromatic rings. The van der Waals surface area contributed by atoms with Crippen molar-refractivity contribution in [1.82, 2.24) is 0 Å². The maximum absolute atomic E-state index is 11.2. The largest absolute Gasteiger partial charge is 0.463 e. The first-order chi connectivity index (χ1) is 11.3. The van der Waals surface area contributed by atoms with Crippen molar-refractivity contribution in [3.8, 4) is 0 Å². The molecule has 0 radical (unpaired) electrons. The van der Waals surface area contributed by atoms with Crippen LogP contribution in [0.1, 0.15) is 96.8 Å². The smallest absolute Gasteiger partial charge is 0.305 e. The quantitative estimate of drug-likeness (QED) is 0.221. The highest BCUT2D eigenvalue weighted by Crippen LogP contribution is 2.13. The van der Waals surface area contributed by atoms with E-state index in [4.69, 9.17) is 9.84 Å². The Kier molecular flexibility index (Phi) is 24.9. The average molecular weight is 329 g/mol. The van der Waals surface area contributed by atoms with Gasteiger partial charge in [-0.2, -0.15) is 0 Å². The minimum Gasteiger partial charge on any atom is -0.463 e. The van der Waals surface area contributed by atoms with E-state index in [1.165, 1.54) is 70.6 Å². The molecule has 23 heavy (non-hydrogen) atoms. The molecule has 0 amide bonds. The molecule has 0 heterocycles. The van der Waals surface area contributed by atoms with E-state index in [0.29, 0.717) is 6.42 Å². The number of ether oxygens (including phenoxy) is 1. The van der Waals surface area contributed by atoms with E-state index in [1.54, 1.807) is 0 Å². The minimum atomic E-state index is -0.174. The Morgan fingerprint density at radius 1 is 0.783 bits per heavy atom. The number of unbranched alkanes of at least 4 members (excludes halogenated alkanes) is 12. The standard InChI is InChI=1S/C18H36O3.C2H4/c1-2-3-4-5-6-7-8-9-10-11-12-13-14-15-18(20)21-17-16-19;1-2/h19H,2-17H2,1H3;1-2H2. The number of esters is 1. The van der Waals surface area contributed by atoms with Gasteiger partial charge in [-0.15, -0.1) is 13.2 Å². The van der Waals surface area contributed by atoms with Crippen LogP contribution in [0.4, 0.5) is 0 Å². The van der Waals surface area contributed by atoms with Gasteiger partial charge < -0.3 is 9.84 Å². The Hall–Kier alpha value is -0.830. The van der Waals surface area contributed by atoms with Crippen LogP contribution in [0.5, 0.6) is 0 Å². The molecule has 0 aromatic carbocycles. The summed E-state index contributed by atoms with van der Waals surface area (Å²) < 4.78 is 4.81. The number of aliphatic hydroxyl groups is 1. The van der Waals surface area contributed by atoms with Gasteiger partial charge in [-0.05, 0) is 6.42 Å². The molecule has 0 bridgehead atoms. The molecule has 3 heteroatoms. The summed E-state index contributed by atoms with van der Waals surface area (Å²) in [5.74, 6) is -0.174. The topological polar surface area (TPSA) is 46.5 Å². The molecule has 0 aliphatic rings. The molecule has 3 nitrogen and oxygen atoms in total. The van der Waals surface area contributed by atoms with Gasteiger partial charge in [-0.3, -0.25) is 4.79 Å². The van der Waals surface area contributed by atoms with Crippen molar-refractivity contribution in [2.24, 2.45) is 0 Å². The van der Waals surface area contributed by atoms with Gasteiger partial charge in [0, 0.05) is 6.42 Å². The molecule has 0 unspecified atom stereocenters. The Bertz CT molecular complexity index is 229. The molecule has 0 aliphatic carbocycles. The molecule has 1 N–H and O–H groups in total. The zero-order chi connectivity index (χ0) is 17.6. The number of rotatable bonds is 16. The minimum absolute atomic E-state index is 0.0790. The monoisotopic (exact) mass is 328 g/mol. The summed E-state index contributed by atoms with van der Waals surface area (Å²) >= 11 is 0. The van der Waals surface area contributed by atoms with E-state index in [2.05, 4.69) is 20.1 Å². The van der Waals surface area contributed by atoms with Gasteiger partial charge in [-0.1, -0.05) is 84.0 Å². The van der Waals surface area contributed by atoms with Crippen LogP contribution in [-0.4, -0.2) is 24.3 Å². The van der Waals surface area contributed by atoms with Crippen molar-refractivity contribution in [2.75, 3.05) is 13.2 Å². The van der Waals surface area contributed by atoms with Crippen molar-refractivity contribution < 1.29 is 14.6 Å². The van der Waals surface area contributed by atoms with E-state index in [0.717, 1.165) is 12.8 Å².